The molecule has 0 radical (unpaired) electrons. The fraction of sp³-hybridized carbons (Fsp3) is 0.500. The van der Waals surface area contributed by atoms with Crippen LogP contribution in [0.25, 0.3) is 10.4 Å². The normalized spacial score (nSPS) is 17.3. The van der Waals surface area contributed by atoms with Gasteiger partial charge in [0, 0.05) is 24.0 Å². The van der Waals surface area contributed by atoms with Crippen molar-refractivity contribution in [1.82, 2.24) is 9.21 Å². The first kappa shape index (κ1) is 20.5. The second-order valence-corrected chi connectivity index (χ2v) is 9.89. The molecule has 1 aromatic carbocycles. The van der Waals surface area contributed by atoms with E-state index in [2.05, 4.69) is 4.90 Å². The van der Waals surface area contributed by atoms with Crippen molar-refractivity contribution in [2.45, 2.75) is 37.1 Å². The van der Waals surface area contributed by atoms with Gasteiger partial charge in [-0.25, -0.2) is 8.42 Å². The zero-order valence-electron chi connectivity index (χ0n) is 15.8. The van der Waals surface area contributed by atoms with Gasteiger partial charge in [0.1, 0.15) is 0 Å². The molecular formula is C20H28N2O3S2. The summed E-state index contributed by atoms with van der Waals surface area (Å²) in [5, 5.41) is 11.6. The molecule has 27 heavy (non-hydrogen) atoms. The molecule has 2 aromatic rings. The van der Waals surface area contributed by atoms with E-state index in [0.29, 0.717) is 13.1 Å². The van der Waals surface area contributed by atoms with Gasteiger partial charge in [0.05, 0.1) is 11.5 Å². The van der Waals surface area contributed by atoms with Gasteiger partial charge >= 0.3 is 0 Å². The minimum atomic E-state index is -3.65. The van der Waals surface area contributed by atoms with Gasteiger partial charge in [0.2, 0.25) is 10.0 Å². The third-order valence-electron chi connectivity index (χ3n) is 5.11. The molecule has 1 unspecified atom stereocenters. The SMILES string of the molecule is CC(CO)N(CCN1CCCCC1)S(=O)(=O)c1ccc(-c2cccs2)cc1. The number of likely N-dealkylation sites (tertiary alicyclic amines) is 1. The molecule has 0 amide bonds. The van der Waals surface area contributed by atoms with E-state index >= 15 is 0 Å². The molecule has 5 nitrogen and oxygen atoms in total. The highest BCUT2D eigenvalue weighted by molar-refractivity contribution is 7.89. The van der Waals surface area contributed by atoms with E-state index in [-0.39, 0.29) is 11.5 Å². The summed E-state index contributed by atoms with van der Waals surface area (Å²) in [6.45, 7) is 4.72. The molecule has 1 aliphatic heterocycles. The number of thiophene rings is 1. The van der Waals surface area contributed by atoms with Crippen molar-refractivity contribution in [3.05, 3.63) is 41.8 Å². The van der Waals surface area contributed by atoms with Crippen molar-refractivity contribution >= 4 is 21.4 Å². The highest BCUT2D eigenvalue weighted by atomic mass is 32.2. The highest BCUT2D eigenvalue weighted by Gasteiger charge is 2.29. The summed E-state index contributed by atoms with van der Waals surface area (Å²) in [5.74, 6) is 0. The Bertz CT molecular complexity index is 798. The topological polar surface area (TPSA) is 60.9 Å². The lowest BCUT2D eigenvalue weighted by atomic mass is 10.1. The lowest BCUT2D eigenvalue weighted by Crippen LogP contribution is -2.45. The van der Waals surface area contributed by atoms with Gasteiger partial charge < -0.3 is 10.0 Å². The van der Waals surface area contributed by atoms with E-state index in [1.165, 1.54) is 23.6 Å². The molecule has 0 aliphatic carbocycles. The van der Waals surface area contributed by atoms with Crippen LogP contribution in [0.5, 0.6) is 0 Å². The molecule has 0 saturated carbocycles. The lowest BCUT2D eigenvalue weighted by Gasteiger charge is -2.32. The number of piperidine rings is 1. The first-order valence-corrected chi connectivity index (χ1v) is 11.8. The number of hydrogen-bond acceptors (Lipinski definition) is 5. The summed E-state index contributed by atoms with van der Waals surface area (Å²) in [4.78, 5) is 3.71. The Labute approximate surface area is 166 Å². The maximum atomic E-state index is 13.2. The standard InChI is InChI=1S/C20H28N2O3S2/c1-17(16-23)22(14-13-21-11-3-2-4-12-21)27(24,25)19-9-7-18(8-10-19)20-6-5-15-26-20/h5-10,15,17,23H,2-4,11-14,16H2,1H3. The maximum Gasteiger partial charge on any atom is 0.243 e. The number of nitrogens with zero attached hydrogens (tertiary/aromatic N) is 2. The molecule has 1 fully saturated rings. The minimum Gasteiger partial charge on any atom is -0.395 e. The van der Waals surface area contributed by atoms with Crippen LogP contribution >= 0.6 is 11.3 Å². The van der Waals surface area contributed by atoms with E-state index in [9.17, 15) is 13.5 Å². The van der Waals surface area contributed by atoms with Gasteiger partial charge in [-0.1, -0.05) is 24.6 Å². The molecule has 0 bridgehead atoms. The van der Waals surface area contributed by atoms with Crippen LogP contribution in [0, 0.1) is 0 Å². The summed E-state index contributed by atoms with van der Waals surface area (Å²) in [6, 6.07) is 10.6. The summed E-state index contributed by atoms with van der Waals surface area (Å²) in [7, 11) is -3.65. The number of aliphatic hydroxyl groups excluding tert-OH is 1. The minimum absolute atomic E-state index is 0.188. The average molecular weight is 409 g/mol. The largest absolute Gasteiger partial charge is 0.395 e. The third kappa shape index (κ3) is 4.97. The molecule has 1 atom stereocenters. The zero-order chi connectivity index (χ0) is 19.3. The fourth-order valence-corrected chi connectivity index (χ4v) is 5.81. The van der Waals surface area contributed by atoms with Crippen LogP contribution in [-0.2, 0) is 10.0 Å². The van der Waals surface area contributed by atoms with Crippen molar-refractivity contribution in [3.63, 3.8) is 0 Å². The first-order chi connectivity index (χ1) is 13.0. The molecule has 7 heteroatoms. The van der Waals surface area contributed by atoms with Crippen LogP contribution in [0.15, 0.2) is 46.7 Å². The Hall–Kier alpha value is -1.25. The van der Waals surface area contributed by atoms with Gasteiger partial charge in [0.15, 0.2) is 0 Å². The summed E-state index contributed by atoms with van der Waals surface area (Å²) >= 11 is 1.63. The fourth-order valence-electron chi connectivity index (χ4n) is 3.46. The lowest BCUT2D eigenvalue weighted by molar-refractivity contribution is 0.168. The van der Waals surface area contributed by atoms with Gasteiger partial charge in [-0.2, -0.15) is 4.31 Å². The van der Waals surface area contributed by atoms with Crippen LogP contribution in [-0.4, -0.2) is 61.6 Å². The third-order valence-corrected chi connectivity index (χ3v) is 8.05. The Morgan fingerprint density at radius 2 is 1.85 bits per heavy atom. The van der Waals surface area contributed by atoms with Crippen LogP contribution in [0.1, 0.15) is 26.2 Å². The van der Waals surface area contributed by atoms with Crippen LogP contribution in [0.3, 0.4) is 0 Å². The molecule has 1 N–H and O–H groups in total. The van der Waals surface area contributed by atoms with Crippen LogP contribution in [0.4, 0.5) is 0 Å². The van der Waals surface area contributed by atoms with Gasteiger partial charge in [-0.05, 0) is 62.0 Å². The van der Waals surface area contributed by atoms with Crippen molar-refractivity contribution in [2.24, 2.45) is 0 Å². The van der Waals surface area contributed by atoms with E-state index in [0.717, 1.165) is 23.5 Å². The van der Waals surface area contributed by atoms with Crippen LogP contribution in [0.2, 0.25) is 0 Å². The average Bonchev–Trinajstić information content (AvgIpc) is 3.23. The number of sulfonamides is 1. The molecule has 2 heterocycles. The predicted molar refractivity (Wildman–Crippen MR) is 110 cm³/mol. The monoisotopic (exact) mass is 408 g/mol. The number of rotatable bonds is 8. The molecule has 0 spiro atoms. The first-order valence-electron chi connectivity index (χ1n) is 9.51. The quantitative estimate of drug-likeness (QED) is 0.728. The number of aliphatic hydroxyl groups is 1. The molecule has 1 aromatic heterocycles. The summed E-state index contributed by atoms with van der Waals surface area (Å²) in [5.41, 5.74) is 1.01. The van der Waals surface area contributed by atoms with Crippen molar-refractivity contribution in [2.75, 3.05) is 32.8 Å². The molecule has 3 rings (SSSR count). The predicted octanol–water partition coefficient (Wildman–Crippen LogP) is 3.27. The molecule has 1 aliphatic rings. The van der Waals surface area contributed by atoms with Gasteiger partial charge in [0.25, 0.3) is 0 Å². The van der Waals surface area contributed by atoms with Crippen molar-refractivity contribution in [3.8, 4) is 10.4 Å². The van der Waals surface area contributed by atoms with Crippen LogP contribution < -0.4 is 0 Å². The zero-order valence-corrected chi connectivity index (χ0v) is 17.4. The number of hydrogen-bond donors (Lipinski definition) is 1. The molecule has 148 valence electrons. The Morgan fingerprint density at radius 1 is 1.15 bits per heavy atom. The van der Waals surface area contributed by atoms with E-state index in [4.69, 9.17) is 0 Å². The Morgan fingerprint density at radius 3 is 2.44 bits per heavy atom. The van der Waals surface area contributed by atoms with Crippen molar-refractivity contribution < 1.29 is 13.5 Å². The summed E-state index contributed by atoms with van der Waals surface area (Å²) < 4.78 is 27.9. The maximum absolute atomic E-state index is 13.2. The van der Waals surface area contributed by atoms with E-state index in [1.807, 2.05) is 29.6 Å². The molecule has 1 saturated heterocycles. The summed E-state index contributed by atoms with van der Waals surface area (Å²) in [6.07, 6.45) is 3.60. The second kappa shape index (κ2) is 9.30. The van der Waals surface area contributed by atoms with Gasteiger partial charge in [-0.15, -0.1) is 11.3 Å². The second-order valence-electron chi connectivity index (χ2n) is 7.05. The highest BCUT2D eigenvalue weighted by Crippen LogP contribution is 2.27. The van der Waals surface area contributed by atoms with E-state index in [1.54, 1.807) is 30.4 Å². The van der Waals surface area contributed by atoms with E-state index < -0.39 is 16.1 Å². The molecular weight excluding hydrogens is 380 g/mol. The Balaban J connectivity index is 1.77. The Kier molecular flexibility index (Phi) is 7.05. The smallest absolute Gasteiger partial charge is 0.243 e. The van der Waals surface area contributed by atoms with Crippen molar-refractivity contribution in [1.29, 1.82) is 0 Å². The van der Waals surface area contributed by atoms with Gasteiger partial charge in [-0.3, -0.25) is 0 Å². The number of benzene rings is 1.